The second kappa shape index (κ2) is 5.30. The van der Waals surface area contributed by atoms with Crippen LogP contribution in [0.3, 0.4) is 0 Å². The highest BCUT2D eigenvalue weighted by atomic mass is 35.5. The molecule has 16 heavy (non-hydrogen) atoms. The van der Waals surface area contributed by atoms with Gasteiger partial charge in [-0.05, 0) is 13.0 Å². The van der Waals surface area contributed by atoms with Crippen LogP contribution in [0.2, 0.25) is 0 Å². The Kier molecular flexibility index (Phi) is 4.69. The smallest absolute Gasteiger partial charge is 0.312 e. The molecule has 86 valence electrons. The predicted octanol–water partition coefficient (Wildman–Crippen LogP) is 1.61. The fourth-order valence-corrected chi connectivity index (χ4v) is 1.19. The molecule has 0 aliphatic rings. The van der Waals surface area contributed by atoms with Gasteiger partial charge in [0.15, 0.2) is 5.75 Å². The van der Waals surface area contributed by atoms with Gasteiger partial charge in [-0.3, -0.25) is 10.1 Å². The number of nitrogens with zero attached hydrogens (tertiary/aromatic N) is 2. The minimum Gasteiger partial charge on any atom is -0.502 e. The van der Waals surface area contributed by atoms with Crippen molar-refractivity contribution in [2.75, 3.05) is 0 Å². The van der Waals surface area contributed by atoms with Crippen LogP contribution in [0, 0.1) is 21.4 Å². The molecule has 0 bridgehead atoms. The molecule has 0 heterocycles. The number of phenolic OH excluding ortho intramolecular Hbond substituents is 1. The van der Waals surface area contributed by atoms with E-state index in [9.17, 15) is 15.2 Å². The van der Waals surface area contributed by atoms with Crippen molar-refractivity contribution in [3.8, 4) is 11.8 Å². The first-order valence-electron chi connectivity index (χ1n) is 4.14. The van der Waals surface area contributed by atoms with Crippen molar-refractivity contribution in [1.29, 1.82) is 5.26 Å². The SMILES string of the molecule is C[C@@H](N)c1cc(C#N)cc([N+](=O)[O-])c1O.Cl. The lowest BCUT2D eigenvalue weighted by atomic mass is 10.0. The molecule has 1 atom stereocenters. The van der Waals surface area contributed by atoms with Crippen molar-refractivity contribution in [2.45, 2.75) is 13.0 Å². The molecule has 1 aromatic carbocycles. The average molecular weight is 244 g/mol. The van der Waals surface area contributed by atoms with E-state index in [1.807, 2.05) is 0 Å². The van der Waals surface area contributed by atoms with Crippen LogP contribution in [0.1, 0.15) is 24.1 Å². The Labute approximate surface area is 97.9 Å². The molecule has 0 fully saturated rings. The summed E-state index contributed by atoms with van der Waals surface area (Å²) in [5, 5.41) is 28.7. The minimum atomic E-state index is -0.748. The normalized spacial score (nSPS) is 11.1. The number of hydrogen-bond donors (Lipinski definition) is 2. The van der Waals surface area contributed by atoms with Gasteiger partial charge in [0.05, 0.1) is 16.6 Å². The molecule has 0 amide bonds. The third-order valence-corrected chi connectivity index (χ3v) is 1.94. The summed E-state index contributed by atoms with van der Waals surface area (Å²) < 4.78 is 0. The van der Waals surface area contributed by atoms with Crippen LogP contribution in [0.4, 0.5) is 5.69 Å². The fourth-order valence-electron chi connectivity index (χ4n) is 1.19. The van der Waals surface area contributed by atoms with Crippen LogP contribution in [0.25, 0.3) is 0 Å². The van der Waals surface area contributed by atoms with Gasteiger partial charge in [-0.25, -0.2) is 0 Å². The van der Waals surface area contributed by atoms with Gasteiger partial charge < -0.3 is 10.8 Å². The summed E-state index contributed by atoms with van der Waals surface area (Å²) in [5.74, 6) is -0.478. The van der Waals surface area contributed by atoms with Gasteiger partial charge in [0, 0.05) is 17.7 Å². The summed E-state index contributed by atoms with van der Waals surface area (Å²) in [6.07, 6.45) is 0. The minimum absolute atomic E-state index is 0. The number of nitro groups is 1. The lowest BCUT2D eigenvalue weighted by molar-refractivity contribution is -0.386. The summed E-state index contributed by atoms with van der Waals surface area (Å²) in [5.41, 5.74) is 5.32. The monoisotopic (exact) mass is 243 g/mol. The third-order valence-electron chi connectivity index (χ3n) is 1.94. The molecule has 0 unspecified atom stereocenters. The van der Waals surface area contributed by atoms with E-state index < -0.39 is 22.4 Å². The summed E-state index contributed by atoms with van der Waals surface area (Å²) >= 11 is 0. The maximum Gasteiger partial charge on any atom is 0.312 e. The van der Waals surface area contributed by atoms with E-state index in [0.29, 0.717) is 0 Å². The number of rotatable bonds is 2. The van der Waals surface area contributed by atoms with Crippen LogP contribution in [0.15, 0.2) is 12.1 Å². The molecule has 0 saturated heterocycles. The Hall–Kier alpha value is -1.84. The molecule has 1 aromatic rings. The largest absolute Gasteiger partial charge is 0.502 e. The predicted molar refractivity (Wildman–Crippen MR) is 59.3 cm³/mol. The molecule has 0 saturated carbocycles. The van der Waals surface area contributed by atoms with Gasteiger partial charge in [-0.2, -0.15) is 5.26 Å². The topological polar surface area (TPSA) is 113 Å². The van der Waals surface area contributed by atoms with Crippen LogP contribution < -0.4 is 5.73 Å². The van der Waals surface area contributed by atoms with Gasteiger partial charge in [0.25, 0.3) is 0 Å². The van der Waals surface area contributed by atoms with E-state index in [4.69, 9.17) is 11.0 Å². The number of benzene rings is 1. The van der Waals surface area contributed by atoms with Crippen molar-refractivity contribution in [3.63, 3.8) is 0 Å². The molecule has 7 heteroatoms. The molecule has 6 nitrogen and oxygen atoms in total. The highest BCUT2D eigenvalue weighted by molar-refractivity contribution is 5.85. The molecule has 0 aliphatic heterocycles. The van der Waals surface area contributed by atoms with E-state index in [1.54, 1.807) is 13.0 Å². The molecule has 0 spiro atoms. The number of nitrogens with two attached hydrogens (primary N) is 1. The highest BCUT2D eigenvalue weighted by Gasteiger charge is 2.20. The third kappa shape index (κ3) is 2.59. The Morgan fingerprint density at radius 3 is 2.56 bits per heavy atom. The van der Waals surface area contributed by atoms with Crippen molar-refractivity contribution >= 4 is 18.1 Å². The van der Waals surface area contributed by atoms with Crippen LogP contribution in [0.5, 0.6) is 5.75 Å². The standard InChI is InChI=1S/C9H9N3O3.ClH/c1-5(11)7-2-6(4-10)3-8(9(7)13)12(14)15;/h2-3,5,13H,11H2,1H3;1H/t5-;/m1./s1. The Balaban J connectivity index is 0.00000225. The van der Waals surface area contributed by atoms with Crippen molar-refractivity contribution in [2.24, 2.45) is 5.73 Å². The van der Waals surface area contributed by atoms with Gasteiger partial charge >= 0.3 is 5.69 Å². The summed E-state index contributed by atoms with van der Waals surface area (Å²) in [7, 11) is 0. The van der Waals surface area contributed by atoms with Crippen molar-refractivity contribution < 1.29 is 10.0 Å². The van der Waals surface area contributed by atoms with E-state index >= 15 is 0 Å². The molecular formula is C9H10ClN3O3. The van der Waals surface area contributed by atoms with Crippen molar-refractivity contribution in [3.05, 3.63) is 33.4 Å². The second-order valence-electron chi connectivity index (χ2n) is 3.09. The Morgan fingerprint density at radius 2 is 2.19 bits per heavy atom. The quantitative estimate of drug-likeness (QED) is 0.605. The zero-order valence-electron chi connectivity index (χ0n) is 8.38. The van der Waals surface area contributed by atoms with E-state index in [0.717, 1.165) is 6.07 Å². The summed E-state index contributed by atoms with van der Waals surface area (Å²) in [4.78, 5) is 9.81. The Morgan fingerprint density at radius 1 is 1.62 bits per heavy atom. The first kappa shape index (κ1) is 14.2. The van der Waals surface area contributed by atoms with Gasteiger partial charge in [0.1, 0.15) is 0 Å². The number of aromatic hydroxyl groups is 1. The maximum absolute atomic E-state index is 10.6. The average Bonchev–Trinajstić information content (AvgIpc) is 2.17. The van der Waals surface area contributed by atoms with E-state index in [1.165, 1.54) is 6.07 Å². The number of phenols is 1. The second-order valence-corrected chi connectivity index (χ2v) is 3.09. The number of nitriles is 1. The Bertz CT molecular complexity index is 454. The van der Waals surface area contributed by atoms with Crippen LogP contribution >= 0.6 is 12.4 Å². The summed E-state index contributed by atoms with van der Waals surface area (Å²) in [6.45, 7) is 1.57. The first-order chi connectivity index (χ1) is 6.97. The van der Waals surface area contributed by atoms with Gasteiger partial charge in [-0.15, -0.1) is 12.4 Å². The van der Waals surface area contributed by atoms with Gasteiger partial charge in [0.2, 0.25) is 0 Å². The first-order valence-corrected chi connectivity index (χ1v) is 4.14. The highest BCUT2D eigenvalue weighted by Crippen LogP contribution is 2.33. The molecule has 1 rings (SSSR count). The maximum atomic E-state index is 10.6. The van der Waals surface area contributed by atoms with Crippen molar-refractivity contribution in [1.82, 2.24) is 0 Å². The van der Waals surface area contributed by atoms with Crippen LogP contribution in [-0.4, -0.2) is 10.0 Å². The lowest BCUT2D eigenvalue weighted by Crippen LogP contribution is -2.06. The molecular weight excluding hydrogens is 234 g/mol. The van der Waals surface area contributed by atoms with Gasteiger partial charge in [-0.1, -0.05) is 0 Å². The lowest BCUT2D eigenvalue weighted by Gasteiger charge is -2.08. The van der Waals surface area contributed by atoms with Crippen LogP contribution in [-0.2, 0) is 0 Å². The van der Waals surface area contributed by atoms with E-state index in [2.05, 4.69) is 0 Å². The molecule has 3 N–H and O–H groups in total. The molecule has 0 aromatic heterocycles. The number of hydrogen-bond acceptors (Lipinski definition) is 5. The number of nitro benzene ring substituents is 1. The zero-order valence-corrected chi connectivity index (χ0v) is 9.19. The molecule has 0 aliphatic carbocycles. The number of halogens is 1. The van der Waals surface area contributed by atoms with E-state index in [-0.39, 0.29) is 23.5 Å². The zero-order chi connectivity index (χ0) is 11.6. The summed E-state index contributed by atoms with van der Waals surface area (Å²) in [6, 6.07) is 3.56. The fraction of sp³-hybridized carbons (Fsp3) is 0.222. The molecule has 0 radical (unpaired) electrons.